The summed E-state index contributed by atoms with van der Waals surface area (Å²) in [7, 11) is 0. The maximum atomic E-state index is 11.7. The van der Waals surface area contributed by atoms with Crippen molar-refractivity contribution < 1.29 is 0 Å². The number of hydrogen-bond donors (Lipinski definition) is 1. The highest BCUT2D eigenvalue weighted by Crippen LogP contribution is 2.21. The van der Waals surface area contributed by atoms with Gasteiger partial charge in [0.1, 0.15) is 0 Å². The average Bonchev–Trinajstić information content (AvgIpc) is 2.14. The summed E-state index contributed by atoms with van der Waals surface area (Å²) in [4.78, 5) is 11.7. The molecule has 0 atom stereocenters. The van der Waals surface area contributed by atoms with Crippen LogP contribution in [0.2, 0.25) is 0 Å². The molecule has 0 saturated carbocycles. The lowest BCUT2D eigenvalue weighted by atomic mass is 9.90. The van der Waals surface area contributed by atoms with Gasteiger partial charge >= 0.3 is 0 Å². The Hall–Kier alpha value is -1.25. The Labute approximate surface area is 90.9 Å². The Kier molecular flexibility index (Phi) is 3.22. The first-order valence-electron chi connectivity index (χ1n) is 5.32. The molecule has 0 amide bonds. The first-order valence-corrected chi connectivity index (χ1v) is 5.32. The number of nitrogen functional groups attached to an aromatic ring is 1. The van der Waals surface area contributed by atoms with Gasteiger partial charge in [-0.2, -0.15) is 0 Å². The van der Waals surface area contributed by atoms with Gasteiger partial charge in [0.15, 0.2) is 0 Å². The van der Waals surface area contributed by atoms with Gasteiger partial charge in [-0.05, 0) is 24.3 Å². The second-order valence-corrected chi connectivity index (χ2v) is 4.90. The van der Waals surface area contributed by atoms with E-state index >= 15 is 0 Å². The standard InChI is InChI=1S/C12H20N2O/c1-5-12(3,4)8-14-7-10(13)9(2)6-11(14)15/h6-7H,5,8,13H2,1-4H3. The maximum absolute atomic E-state index is 11.7. The minimum absolute atomic E-state index is 0.0308. The highest BCUT2D eigenvalue weighted by atomic mass is 16.1. The molecule has 3 heteroatoms. The summed E-state index contributed by atoms with van der Waals surface area (Å²) in [6.07, 6.45) is 2.78. The average molecular weight is 208 g/mol. The van der Waals surface area contributed by atoms with Crippen LogP contribution in [0.3, 0.4) is 0 Å². The summed E-state index contributed by atoms with van der Waals surface area (Å²) in [5, 5.41) is 0. The number of nitrogens with zero attached hydrogens (tertiary/aromatic N) is 1. The van der Waals surface area contributed by atoms with Crippen molar-refractivity contribution >= 4 is 5.69 Å². The molecular formula is C12H20N2O. The number of hydrogen-bond acceptors (Lipinski definition) is 2. The summed E-state index contributed by atoms with van der Waals surface area (Å²) in [5.74, 6) is 0. The fourth-order valence-electron chi connectivity index (χ4n) is 1.38. The van der Waals surface area contributed by atoms with Crippen LogP contribution < -0.4 is 11.3 Å². The molecule has 0 aliphatic heterocycles. The van der Waals surface area contributed by atoms with Crippen LogP contribution in [0.5, 0.6) is 0 Å². The second kappa shape index (κ2) is 4.09. The Morgan fingerprint density at radius 2 is 2.07 bits per heavy atom. The molecule has 0 saturated heterocycles. The number of aromatic nitrogens is 1. The first-order chi connectivity index (χ1) is 6.85. The van der Waals surface area contributed by atoms with Gasteiger partial charge in [0.05, 0.1) is 5.69 Å². The van der Waals surface area contributed by atoms with Crippen LogP contribution in [0.15, 0.2) is 17.1 Å². The third kappa shape index (κ3) is 2.85. The molecular weight excluding hydrogens is 188 g/mol. The number of pyridine rings is 1. The van der Waals surface area contributed by atoms with E-state index in [2.05, 4.69) is 20.8 Å². The minimum Gasteiger partial charge on any atom is -0.397 e. The fourth-order valence-corrected chi connectivity index (χ4v) is 1.38. The third-order valence-corrected chi connectivity index (χ3v) is 2.93. The quantitative estimate of drug-likeness (QED) is 0.827. The summed E-state index contributed by atoms with van der Waals surface area (Å²) in [6, 6.07) is 1.60. The molecule has 0 spiro atoms. The van der Waals surface area contributed by atoms with Crippen molar-refractivity contribution in [1.82, 2.24) is 4.57 Å². The zero-order chi connectivity index (χ0) is 11.6. The SMILES string of the molecule is CCC(C)(C)Cn1cc(N)c(C)cc1=O. The summed E-state index contributed by atoms with van der Waals surface area (Å²) >= 11 is 0. The molecule has 0 bridgehead atoms. The van der Waals surface area contributed by atoms with Gasteiger partial charge in [0.2, 0.25) is 0 Å². The Morgan fingerprint density at radius 3 is 2.60 bits per heavy atom. The van der Waals surface area contributed by atoms with Gasteiger partial charge in [-0.3, -0.25) is 4.79 Å². The van der Waals surface area contributed by atoms with Crippen LogP contribution in [-0.4, -0.2) is 4.57 Å². The summed E-state index contributed by atoms with van der Waals surface area (Å²) < 4.78 is 1.70. The van der Waals surface area contributed by atoms with Gasteiger partial charge in [-0.25, -0.2) is 0 Å². The monoisotopic (exact) mass is 208 g/mol. The van der Waals surface area contributed by atoms with Gasteiger partial charge in [-0.15, -0.1) is 0 Å². The van der Waals surface area contributed by atoms with Crippen molar-refractivity contribution in [3.8, 4) is 0 Å². The van der Waals surface area contributed by atoms with E-state index in [0.717, 1.165) is 12.0 Å². The number of anilines is 1. The van der Waals surface area contributed by atoms with E-state index in [-0.39, 0.29) is 11.0 Å². The van der Waals surface area contributed by atoms with E-state index in [1.165, 1.54) is 0 Å². The van der Waals surface area contributed by atoms with Crippen LogP contribution in [0.1, 0.15) is 32.8 Å². The lowest BCUT2D eigenvalue weighted by molar-refractivity contribution is 0.290. The molecule has 0 aromatic carbocycles. The van der Waals surface area contributed by atoms with E-state index in [9.17, 15) is 4.79 Å². The van der Waals surface area contributed by atoms with Crippen molar-refractivity contribution in [3.63, 3.8) is 0 Å². The topological polar surface area (TPSA) is 48.0 Å². The molecule has 1 rings (SSSR count). The largest absolute Gasteiger partial charge is 0.397 e. The Bertz CT molecular complexity index is 405. The molecule has 0 aliphatic rings. The van der Waals surface area contributed by atoms with Gasteiger partial charge < -0.3 is 10.3 Å². The highest BCUT2D eigenvalue weighted by Gasteiger charge is 2.16. The normalized spacial score (nSPS) is 11.7. The molecule has 0 aliphatic carbocycles. The van der Waals surface area contributed by atoms with Crippen LogP contribution in [0.4, 0.5) is 5.69 Å². The Balaban J connectivity index is 3.06. The van der Waals surface area contributed by atoms with Gasteiger partial charge in [0, 0.05) is 18.8 Å². The molecule has 1 aromatic rings. The molecule has 3 nitrogen and oxygen atoms in total. The lowest BCUT2D eigenvalue weighted by Crippen LogP contribution is -2.28. The van der Waals surface area contributed by atoms with Crippen LogP contribution in [0.25, 0.3) is 0 Å². The predicted molar refractivity (Wildman–Crippen MR) is 63.9 cm³/mol. The van der Waals surface area contributed by atoms with Crippen LogP contribution >= 0.6 is 0 Å². The van der Waals surface area contributed by atoms with Crippen molar-refractivity contribution in [1.29, 1.82) is 0 Å². The lowest BCUT2D eigenvalue weighted by Gasteiger charge is -2.23. The number of nitrogens with two attached hydrogens (primary N) is 1. The third-order valence-electron chi connectivity index (χ3n) is 2.93. The molecule has 2 N–H and O–H groups in total. The molecule has 1 aromatic heterocycles. The van der Waals surface area contributed by atoms with Crippen molar-refractivity contribution in [2.75, 3.05) is 5.73 Å². The molecule has 0 fully saturated rings. The van der Waals surface area contributed by atoms with Crippen molar-refractivity contribution in [2.24, 2.45) is 5.41 Å². The van der Waals surface area contributed by atoms with Crippen LogP contribution in [0, 0.1) is 12.3 Å². The van der Waals surface area contributed by atoms with E-state index in [1.807, 2.05) is 6.92 Å². The van der Waals surface area contributed by atoms with Gasteiger partial charge in [0.25, 0.3) is 5.56 Å². The maximum Gasteiger partial charge on any atom is 0.250 e. The summed E-state index contributed by atoms with van der Waals surface area (Å²) in [5.41, 5.74) is 7.49. The van der Waals surface area contributed by atoms with Crippen LogP contribution in [-0.2, 0) is 6.54 Å². The van der Waals surface area contributed by atoms with Gasteiger partial charge in [-0.1, -0.05) is 20.8 Å². The number of aryl methyl sites for hydroxylation is 1. The van der Waals surface area contributed by atoms with E-state index in [4.69, 9.17) is 5.73 Å². The number of rotatable bonds is 3. The zero-order valence-corrected chi connectivity index (χ0v) is 10.0. The zero-order valence-electron chi connectivity index (χ0n) is 10.0. The molecule has 0 radical (unpaired) electrons. The second-order valence-electron chi connectivity index (χ2n) is 4.90. The van der Waals surface area contributed by atoms with E-state index in [0.29, 0.717) is 12.2 Å². The van der Waals surface area contributed by atoms with E-state index in [1.54, 1.807) is 16.8 Å². The molecule has 15 heavy (non-hydrogen) atoms. The van der Waals surface area contributed by atoms with Crippen molar-refractivity contribution in [3.05, 3.63) is 28.2 Å². The molecule has 1 heterocycles. The Morgan fingerprint density at radius 1 is 1.47 bits per heavy atom. The minimum atomic E-state index is 0.0308. The van der Waals surface area contributed by atoms with Crippen molar-refractivity contribution in [2.45, 2.75) is 40.7 Å². The summed E-state index contributed by atoms with van der Waals surface area (Å²) in [6.45, 7) is 8.99. The molecule has 0 unspecified atom stereocenters. The molecule has 84 valence electrons. The predicted octanol–water partition coefficient (Wildman–Crippen LogP) is 2.18. The fraction of sp³-hybridized carbons (Fsp3) is 0.583. The highest BCUT2D eigenvalue weighted by molar-refractivity contribution is 5.42. The smallest absolute Gasteiger partial charge is 0.250 e. The van der Waals surface area contributed by atoms with E-state index < -0.39 is 0 Å². The first kappa shape index (κ1) is 11.8.